The van der Waals surface area contributed by atoms with Gasteiger partial charge in [-0.15, -0.1) is 5.10 Å². The van der Waals surface area contributed by atoms with Gasteiger partial charge in [0.05, 0.1) is 21.7 Å². The van der Waals surface area contributed by atoms with Crippen molar-refractivity contribution in [3.8, 4) is 5.69 Å². The standard InChI is InChI=1S/C15H11N5O4/c21-15(24-9-12-3-1-2-4-14(12)20(22)23)11-5-7-13(8-6-11)19-10-16-17-18-19/h1-8,10H,9H2. The Hall–Kier alpha value is -3.62. The number of esters is 1. The molecule has 0 saturated heterocycles. The molecule has 3 rings (SSSR count). The molecular formula is C15H11N5O4. The maximum absolute atomic E-state index is 12.1. The highest BCUT2D eigenvalue weighted by Gasteiger charge is 2.15. The van der Waals surface area contributed by atoms with Crippen LogP contribution in [-0.4, -0.2) is 31.1 Å². The summed E-state index contributed by atoms with van der Waals surface area (Å²) in [6, 6.07) is 12.6. The van der Waals surface area contributed by atoms with Gasteiger partial charge in [-0.2, -0.15) is 0 Å². The maximum atomic E-state index is 12.1. The lowest BCUT2D eigenvalue weighted by Crippen LogP contribution is -2.07. The molecular weight excluding hydrogens is 314 g/mol. The predicted molar refractivity (Wildman–Crippen MR) is 81.4 cm³/mol. The van der Waals surface area contributed by atoms with E-state index in [2.05, 4.69) is 15.5 Å². The van der Waals surface area contributed by atoms with Crippen molar-refractivity contribution in [3.05, 3.63) is 76.1 Å². The molecule has 0 saturated carbocycles. The van der Waals surface area contributed by atoms with Crippen LogP contribution in [0, 0.1) is 10.1 Å². The fourth-order valence-corrected chi connectivity index (χ4v) is 2.07. The smallest absolute Gasteiger partial charge is 0.338 e. The third-order valence-corrected chi connectivity index (χ3v) is 3.26. The van der Waals surface area contributed by atoms with Crippen LogP contribution in [0.4, 0.5) is 5.69 Å². The van der Waals surface area contributed by atoms with Gasteiger partial charge in [0.25, 0.3) is 5.69 Å². The van der Waals surface area contributed by atoms with E-state index in [1.807, 2.05) is 0 Å². The van der Waals surface area contributed by atoms with Gasteiger partial charge in [-0.25, -0.2) is 9.48 Å². The molecule has 9 nitrogen and oxygen atoms in total. The molecule has 0 atom stereocenters. The fourth-order valence-electron chi connectivity index (χ4n) is 2.07. The summed E-state index contributed by atoms with van der Waals surface area (Å²) < 4.78 is 6.59. The lowest BCUT2D eigenvalue weighted by Gasteiger charge is -2.06. The average molecular weight is 325 g/mol. The van der Waals surface area contributed by atoms with Gasteiger partial charge in [-0.05, 0) is 40.8 Å². The molecule has 0 radical (unpaired) electrons. The Morgan fingerprint density at radius 3 is 2.58 bits per heavy atom. The summed E-state index contributed by atoms with van der Waals surface area (Å²) in [7, 11) is 0. The van der Waals surface area contributed by atoms with E-state index in [-0.39, 0.29) is 12.3 Å². The first-order valence-corrected chi connectivity index (χ1v) is 6.88. The Kier molecular flexibility index (Phi) is 4.23. The van der Waals surface area contributed by atoms with Gasteiger partial charge in [-0.3, -0.25) is 10.1 Å². The van der Waals surface area contributed by atoms with E-state index in [1.54, 1.807) is 42.5 Å². The summed E-state index contributed by atoms with van der Waals surface area (Å²) >= 11 is 0. The van der Waals surface area contributed by atoms with E-state index in [4.69, 9.17) is 4.74 Å². The number of nitro benzene ring substituents is 1. The van der Waals surface area contributed by atoms with Crippen molar-refractivity contribution in [2.24, 2.45) is 0 Å². The van der Waals surface area contributed by atoms with E-state index >= 15 is 0 Å². The zero-order valence-electron chi connectivity index (χ0n) is 12.3. The van der Waals surface area contributed by atoms with E-state index in [1.165, 1.54) is 17.1 Å². The molecule has 0 N–H and O–H groups in total. The summed E-state index contributed by atoms with van der Waals surface area (Å²) in [5.74, 6) is -0.573. The molecule has 0 aliphatic carbocycles. The van der Waals surface area contributed by atoms with Crippen LogP contribution in [0.5, 0.6) is 0 Å². The van der Waals surface area contributed by atoms with Crippen LogP contribution in [0.15, 0.2) is 54.9 Å². The number of hydrogen-bond acceptors (Lipinski definition) is 7. The number of rotatable bonds is 5. The SMILES string of the molecule is O=C(OCc1ccccc1[N+](=O)[O-])c1ccc(-n2cnnn2)cc1. The second kappa shape index (κ2) is 6.65. The largest absolute Gasteiger partial charge is 0.457 e. The number of nitrogens with zero attached hydrogens (tertiary/aromatic N) is 5. The number of carbonyl (C=O) groups is 1. The molecule has 1 heterocycles. The van der Waals surface area contributed by atoms with Crippen LogP contribution < -0.4 is 0 Å². The molecule has 120 valence electrons. The zero-order chi connectivity index (χ0) is 16.9. The van der Waals surface area contributed by atoms with Gasteiger partial charge in [0.1, 0.15) is 12.9 Å². The minimum Gasteiger partial charge on any atom is -0.457 e. The Morgan fingerprint density at radius 1 is 1.17 bits per heavy atom. The van der Waals surface area contributed by atoms with E-state index < -0.39 is 10.9 Å². The van der Waals surface area contributed by atoms with Gasteiger partial charge in [0.15, 0.2) is 0 Å². The highest BCUT2D eigenvalue weighted by molar-refractivity contribution is 5.89. The Bertz CT molecular complexity index is 862. The fraction of sp³-hybridized carbons (Fsp3) is 0.0667. The summed E-state index contributed by atoms with van der Waals surface area (Å²) in [6.07, 6.45) is 1.43. The van der Waals surface area contributed by atoms with Gasteiger partial charge in [0, 0.05) is 6.07 Å². The summed E-state index contributed by atoms with van der Waals surface area (Å²) in [5, 5.41) is 21.7. The molecule has 0 amide bonds. The maximum Gasteiger partial charge on any atom is 0.338 e. The molecule has 0 fully saturated rings. The topological polar surface area (TPSA) is 113 Å². The number of hydrogen-bond donors (Lipinski definition) is 0. The first-order valence-electron chi connectivity index (χ1n) is 6.88. The molecule has 24 heavy (non-hydrogen) atoms. The highest BCUT2D eigenvalue weighted by atomic mass is 16.6. The molecule has 2 aromatic carbocycles. The second-order valence-corrected chi connectivity index (χ2v) is 4.76. The van der Waals surface area contributed by atoms with Gasteiger partial charge in [-0.1, -0.05) is 12.1 Å². The van der Waals surface area contributed by atoms with Crippen molar-refractivity contribution in [2.75, 3.05) is 0 Å². The minimum absolute atomic E-state index is 0.0840. The summed E-state index contributed by atoms with van der Waals surface area (Å²) in [4.78, 5) is 22.5. The zero-order valence-corrected chi connectivity index (χ0v) is 12.3. The van der Waals surface area contributed by atoms with E-state index in [0.29, 0.717) is 16.8 Å². The number of carbonyl (C=O) groups excluding carboxylic acids is 1. The van der Waals surface area contributed by atoms with Gasteiger partial charge in [0.2, 0.25) is 0 Å². The van der Waals surface area contributed by atoms with Crippen molar-refractivity contribution in [3.63, 3.8) is 0 Å². The first kappa shape index (κ1) is 15.3. The average Bonchev–Trinajstić information content (AvgIpc) is 3.14. The number of benzene rings is 2. The lowest BCUT2D eigenvalue weighted by atomic mass is 10.2. The van der Waals surface area contributed by atoms with E-state index in [0.717, 1.165) is 0 Å². The predicted octanol–water partition coefficient (Wildman–Crippen LogP) is 1.93. The number of nitro groups is 1. The Balaban J connectivity index is 1.68. The van der Waals surface area contributed by atoms with Crippen molar-refractivity contribution in [2.45, 2.75) is 6.61 Å². The Labute approximate surface area is 135 Å². The Morgan fingerprint density at radius 2 is 1.92 bits per heavy atom. The molecule has 0 aliphatic rings. The molecule has 0 spiro atoms. The van der Waals surface area contributed by atoms with Crippen LogP contribution in [0.3, 0.4) is 0 Å². The van der Waals surface area contributed by atoms with Crippen LogP contribution in [0.1, 0.15) is 15.9 Å². The van der Waals surface area contributed by atoms with Crippen molar-refractivity contribution in [1.29, 1.82) is 0 Å². The summed E-state index contributed by atoms with van der Waals surface area (Å²) in [6.45, 7) is -0.176. The monoisotopic (exact) mass is 325 g/mol. The van der Waals surface area contributed by atoms with Crippen molar-refractivity contribution in [1.82, 2.24) is 20.2 Å². The number of tetrazole rings is 1. The lowest BCUT2D eigenvalue weighted by molar-refractivity contribution is -0.385. The van der Waals surface area contributed by atoms with Gasteiger partial charge < -0.3 is 4.74 Å². The number of ether oxygens (including phenoxy) is 1. The third-order valence-electron chi connectivity index (χ3n) is 3.26. The molecule has 0 bridgehead atoms. The van der Waals surface area contributed by atoms with Crippen molar-refractivity contribution < 1.29 is 14.5 Å². The quantitative estimate of drug-likeness (QED) is 0.400. The number of aromatic nitrogens is 4. The second-order valence-electron chi connectivity index (χ2n) is 4.76. The molecule has 0 unspecified atom stereocenters. The van der Waals surface area contributed by atoms with Gasteiger partial charge >= 0.3 is 5.97 Å². The van der Waals surface area contributed by atoms with E-state index in [9.17, 15) is 14.9 Å². The molecule has 3 aromatic rings. The van der Waals surface area contributed by atoms with Crippen LogP contribution in [0.2, 0.25) is 0 Å². The number of para-hydroxylation sites is 1. The third kappa shape index (κ3) is 3.24. The molecule has 9 heteroatoms. The summed E-state index contributed by atoms with van der Waals surface area (Å²) in [5.41, 5.74) is 1.26. The molecule has 1 aromatic heterocycles. The van der Waals surface area contributed by atoms with Crippen molar-refractivity contribution >= 4 is 11.7 Å². The normalized spacial score (nSPS) is 10.3. The van der Waals surface area contributed by atoms with Crippen LogP contribution in [-0.2, 0) is 11.3 Å². The van der Waals surface area contributed by atoms with Crippen LogP contribution >= 0.6 is 0 Å². The highest BCUT2D eigenvalue weighted by Crippen LogP contribution is 2.19. The molecule has 0 aliphatic heterocycles. The minimum atomic E-state index is -0.573. The first-order chi connectivity index (χ1) is 11.6. The van der Waals surface area contributed by atoms with Crippen LogP contribution in [0.25, 0.3) is 5.69 Å².